The topological polar surface area (TPSA) is 109 Å². The molecule has 3 aromatic rings. The molecule has 9 nitrogen and oxygen atoms in total. The molecule has 37 heavy (non-hydrogen) atoms. The fourth-order valence-electron chi connectivity index (χ4n) is 5.03. The Kier molecular flexibility index (Phi) is 7.48. The van der Waals surface area contributed by atoms with E-state index in [9.17, 15) is 4.79 Å². The summed E-state index contributed by atoms with van der Waals surface area (Å²) in [5.41, 5.74) is 13.4. The third-order valence-electron chi connectivity index (χ3n) is 7.02. The number of rotatable bonds is 11. The lowest BCUT2D eigenvalue weighted by atomic mass is 9.95. The molecule has 2 aromatic carbocycles. The van der Waals surface area contributed by atoms with E-state index in [1.807, 2.05) is 31.2 Å². The number of nitrogens with one attached hydrogen (secondary N) is 1. The third-order valence-corrected chi connectivity index (χ3v) is 7.02. The van der Waals surface area contributed by atoms with Crippen molar-refractivity contribution in [1.82, 2.24) is 14.9 Å². The predicted molar refractivity (Wildman–Crippen MR) is 145 cm³/mol. The van der Waals surface area contributed by atoms with E-state index in [1.54, 1.807) is 25.4 Å². The fourth-order valence-corrected chi connectivity index (χ4v) is 5.03. The molecule has 1 aliphatic carbocycles. The van der Waals surface area contributed by atoms with Crippen LogP contribution in [0.15, 0.2) is 47.1 Å². The van der Waals surface area contributed by atoms with Gasteiger partial charge in [-0.3, -0.25) is 9.69 Å². The number of aryl methyl sites for hydroxylation is 1. The molecule has 1 aromatic heterocycles. The van der Waals surface area contributed by atoms with Gasteiger partial charge in [-0.1, -0.05) is 18.2 Å². The number of benzene rings is 2. The number of nitrogens with two attached hydrogens (primary N) is 1. The monoisotopic (exact) mass is 502 g/mol. The second-order valence-electron chi connectivity index (χ2n) is 9.65. The molecule has 0 spiro atoms. The van der Waals surface area contributed by atoms with Crippen molar-refractivity contribution in [1.29, 1.82) is 0 Å². The van der Waals surface area contributed by atoms with E-state index in [2.05, 4.69) is 38.2 Å². The fraction of sp³-hybridized carbons (Fsp3) is 0.393. The van der Waals surface area contributed by atoms with Crippen LogP contribution in [-0.4, -0.2) is 73.6 Å². The van der Waals surface area contributed by atoms with Crippen LogP contribution in [0.2, 0.25) is 0 Å². The van der Waals surface area contributed by atoms with Gasteiger partial charge in [-0.2, -0.15) is 5.10 Å². The maximum atomic E-state index is 13.5. The van der Waals surface area contributed by atoms with E-state index < -0.39 is 12.1 Å². The van der Waals surface area contributed by atoms with Gasteiger partial charge in [0.2, 0.25) is 0 Å². The van der Waals surface area contributed by atoms with Crippen molar-refractivity contribution in [2.75, 3.05) is 45.5 Å². The van der Waals surface area contributed by atoms with Crippen molar-refractivity contribution in [3.63, 3.8) is 0 Å². The van der Waals surface area contributed by atoms with Crippen LogP contribution in [0.5, 0.6) is 0 Å². The van der Waals surface area contributed by atoms with Gasteiger partial charge in [-0.25, -0.2) is 9.99 Å². The van der Waals surface area contributed by atoms with Gasteiger partial charge >= 0.3 is 0 Å². The van der Waals surface area contributed by atoms with Crippen molar-refractivity contribution >= 4 is 34.8 Å². The Morgan fingerprint density at radius 2 is 1.95 bits per heavy atom. The summed E-state index contributed by atoms with van der Waals surface area (Å²) in [6, 6.07) is 12.3. The molecule has 0 radical (unpaired) electrons. The lowest BCUT2D eigenvalue weighted by molar-refractivity contribution is -0.117. The summed E-state index contributed by atoms with van der Waals surface area (Å²) in [7, 11) is 3.43. The standard InChI is InChI=1S/C28H34N6O3/c1-18-31-25-7-6-23(15-26(25)32-18)34-28(29)24(16-30-34)27(35)22-13-20-5-4-19(12-21(20)14-22)17-33(8-10-36-2)9-11-37-3/h4-7,12-13,15-16,24,28H,8-11,14,17,29H2,1-3H3,(H,31,32). The molecule has 5 rings (SSSR count). The molecular formula is C28H34N6O3. The normalized spacial score (nSPS) is 18.7. The van der Waals surface area contributed by atoms with Gasteiger partial charge in [0.1, 0.15) is 12.0 Å². The molecule has 2 heterocycles. The van der Waals surface area contributed by atoms with Crippen LogP contribution in [0, 0.1) is 12.8 Å². The molecule has 2 unspecified atom stereocenters. The summed E-state index contributed by atoms with van der Waals surface area (Å²) < 4.78 is 10.5. The summed E-state index contributed by atoms with van der Waals surface area (Å²) in [5.74, 6) is 0.373. The largest absolute Gasteiger partial charge is 0.383 e. The number of imidazole rings is 1. The Morgan fingerprint density at radius 1 is 1.16 bits per heavy atom. The Bertz CT molecular complexity index is 1340. The van der Waals surface area contributed by atoms with Crippen molar-refractivity contribution < 1.29 is 14.3 Å². The Balaban J connectivity index is 1.25. The van der Waals surface area contributed by atoms with Crippen molar-refractivity contribution in [2.45, 2.75) is 26.1 Å². The highest BCUT2D eigenvalue weighted by molar-refractivity contribution is 6.11. The quantitative estimate of drug-likeness (QED) is 0.415. The average molecular weight is 503 g/mol. The molecule has 0 bridgehead atoms. The van der Waals surface area contributed by atoms with Crippen LogP contribution in [0.3, 0.4) is 0 Å². The van der Waals surface area contributed by atoms with Gasteiger partial charge in [-0.15, -0.1) is 0 Å². The van der Waals surface area contributed by atoms with Crippen LogP contribution < -0.4 is 10.7 Å². The molecular weight excluding hydrogens is 468 g/mol. The number of carbonyl (C=O) groups is 1. The summed E-state index contributed by atoms with van der Waals surface area (Å²) >= 11 is 0. The van der Waals surface area contributed by atoms with Crippen molar-refractivity contribution in [3.05, 3.63) is 64.5 Å². The van der Waals surface area contributed by atoms with E-state index >= 15 is 0 Å². The minimum Gasteiger partial charge on any atom is -0.383 e. The smallest absolute Gasteiger partial charge is 0.171 e. The highest BCUT2D eigenvalue weighted by atomic mass is 16.5. The van der Waals surface area contributed by atoms with Crippen LogP contribution in [0.25, 0.3) is 17.1 Å². The molecule has 194 valence electrons. The Morgan fingerprint density at radius 3 is 2.70 bits per heavy atom. The minimum absolute atomic E-state index is 0.0248. The number of Topliss-reactive ketones (excluding diaryl/α,β-unsaturated/α-hetero) is 1. The summed E-state index contributed by atoms with van der Waals surface area (Å²) in [6.45, 7) is 5.74. The van der Waals surface area contributed by atoms with Gasteiger partial charge in [0.15, 0.2) is 5.78 Å². The number of hydrogen-bond acceptors (Lipinski definition) is 8. The number of hydrogen-bond donors (Lipinski definition) is 2. The first-order chi connectivity index (χ1) is 18.0. The minimum atomic E-state index is -0.565. The number of anilines is 1. The SMILES string of the molecule is COCCN(CCOC)Cc1ccc2c(c1)CC(C(=O)C1C=NN(c3ccc4nc(C)[nH]c4c3)C1N)=C2. The summed E-state index contributed by atoms with van der Waals surface area (Å²) in [4.78, 5) is 23.5. The van der Waals surface area contributed by atoms with Gasteiger partial charge in [0.25, 0.3) is 0 Å². The van der Waals surface area contributed by atoms with Crippen LogP contribution in [-0.2, 0) is 27.2 Å². The average Bonchev–Trinajstić information content (AvgIpc) is 3.59. The van der Waals surface area contributed by atoms with Gasteiger partial charge in [0.05, 0.1) is 35.9 Å². The first-order valence-electron chi connectivity index (χ1n) is 12.6. The van der Waals surface area contributed by atoms with E-state index in [4.69, 9.17) is 15.2 Å². The van der Waals surface area contributed by atoms with Crippen LogP contribution in [0.1, 0.15) is 22.5 Å². The zero-order valence-electron chi connectivity index (χ0n) is 21.6. The highest BCUT2D eigenvalue weighted by Crippen LogP contribution is 2.32. The Labute approximate surface area is 216 Å². The van der Waals surface area contributed by atoms with E-state index in [1.165, 1.54) is 11.1 Å². The number of aromatic nitrogens is 2. The number of H-pyrrole nitrogens is 1. The zero-order valence-corrected chi connectivity index (χ0v) is 21.6. The zero-order chi connectivity index (χ0) is 25.9. The van der Waals surface area contributed by atoms with Crippen LogP contribution >= 0.6 is 0 Å². The predicted octanol–water partition coefficient (Wildman–Crippen LogP) is 2.88. The molecule has 0 fully saturated rings. The van der Waals surface area contributed by atoms with Gasteiger partial charge in [0, 0.05) is 52.1 Å². The maximum absolute atomic E-state index is 13.5. The number of nitrogens with zero attached hydrogens (tertiary/aromatic N) is 4. The number of fused-ring (bicyclic) bond motifs is 2. The molecule has 2 atom stereocenters. The first kappa shape index (κ1) is 25.3. The molecule has 9 heteroatoms. The van der Waals surface area contributed by atoms with Crippen molar-refractivity contribution in [2.24, 2.45) is 16.8 Å². The van der Waals surface area contributed by atoms with E-state index in [0.717, 1.165) is 53.3 Å². The van der Waals surface area contributed by atoms with Gasteiger partial charge in [-0.05, 0) is 47.9 Å². The number of ketones is 1. The van der Waals surface area contributed by atoms with Crippen molar-refractivity contribution in [3.8, 4) is 0 Å². The molecule has 0 saturated carbocycles. The summed E-state index contributed by atoms with van der Waals surface area (Å²) in [5, 5.41) is 6.21. The number of carbonyl (C=O) groups excluding carboxylic acids is 1. The maximum Gasteiger partial charge on any atom is 0.171 e. The lowest BCUT2D eigenvalue weighted by Crippen LogP contribution is -2.43. The number of ether oxygens (including phenoxy) is 2. The second-order valence-corrected chi connectivity index (χ2v) is 9.65. The number of aromatic amines is 1. The lowest BCUT2D eigenvalue weighted by Gasteiger charge is -2.23. The number of methoxy groups -OCH3 is 2. The molecule has 0 amide bonds. The molecule has 2 aliphatic rings. The van der Waals surface area contributed by atoms with E-state index in [-0.39, 0.29) is 5.78 Å². The second kappa shape index (κ2) is 10.9. The first-order valence-corrected chi connectivity index (χ1v) is 12.6. The third kappa shape index (κ3) is 5.35. The molecule has 1 aliphatic heterocycles. The Hall–Kier alpha value is -3.37. The number of allylic oxidation sites excluding steroid dienone is 1. The molecule has 0 saturated heterocycles. The van der Waals surface area contributed by atoms with Crippen LogP contribution in [0.4, 0.5) is 5.69 Å². The molecule has 3 N–H and O–H groups in total. The highest BCUT2D eigenvalue weighted by Gasteiger charge is 2.36. The van der Waals surface area contributed by atoms with Gasteiger partial charge < -0.3 is 20.2 Å². The number of hydrazone groups is 1. The summed E-state index contributed by atoms with van der Waals surface area (Å²) in [6.07, 6.45) is 3.71. The van der Waals surface area contributed by atoms with E-state index in [0.29, 0.717) is 19.6 Å².